The van der Waals surface area contributed by atoms with Crippen LogP contribution in [0.15, 0.2) is 41.4 Å². The second-order valence-electron chi connectivity index (χ2n) is 9.14. The number of nitrogens with one attached hydrogen (secondary N) is 2. The first kappa shape index (κ1) is 23.5. The van der Waals surface area contributed by atoms with Gasteiger partial charge in [-0.2, -0.15) is 8.42 Å². The average Bonchev–Trinajstić information content (AvgIpc) is 3.35. The molecule has 1 aromatic heterocycles. The Morgan fingerprint density at radius 1 is 1.24 bits per heavy atom. The van der Waals surface area contributed by atoms with Crippen LogP contribution in [0, 0.1) is 6.92 Å². The molecule has 0 bridgehead atoms. The zero-order valence-electron chi connectivity index (χ0n) is 19.0. The second kappa shape index (κ2) is 9.30. The van der Waals surface area contributed by atoms with E-state index in [4.69, 9.17) is 4.74 Å². The maximum Gasteiger partial charge on any atom is 0.281 e. The Labute approximate surface area is 194 Å². The van der Waals surface area contributed by atoms with Crippen LogP contribution in [-0.2, 0) is 14.8 Å². The summed E-state index contributed by atoms with van der Waals surface area (Å²) in [5.41, 5.74) is 0.941. The zero-order chi connectivity index (χ0) is 23.6. The number of ether oxygens (including phenoxy) is 1. The van der Waals surface area contributed by atoms with E-state index in [1.165, 1.54) is 25.0 Å². The summed E-state index contributed by atoms with van der Waals surface area (Å²) in [6.45, 7) is 3.80. The van der Waals surface area contributed by atoms with Gasteiger partial charge in [-0.05, 0) is 61.9 Å². The number of rotatable bonds is 9. The molecule has 2 aromatic rings. The number of amides is 1. The minimum absolute atomic E-state index is 0.222. The van der Waals surface area contributed by atoms with Crippen molar-refractivity contribution in [2.75, 3.05) is 11.9 Å². The third-order valence-electron chi connectivity index (χ3n) is 6.19. The van der Waals surface area contributed by atoms with Crippen molar-refractivity contribution < 1.29 is 23.1 Å². The molecule has 1 atom stereocenters. The minimum atomic E-state index is -4.18. The Kier molecular flexibility index (Phi) is 6.63. The number of anilines is 1. The normalized spacial score (nSPS) is 18.5. The third kappa shape index (κ3) is 5.47. The SMILES string of the molecule is Cc1ccc(C2CCCC2)c(OC2(C(=O)NS(=O)(=O)c3cccc(NC[C@H](C)O)n3)CC2)c1. The molecule has 178 valence electrons. The highest BCUT2D eigenvalue weighted by molar-refractivity contribution is 7.90. The minimum Gasteiger partial charge on any atom is -0.477 e. The molecule has 0 saturated heterocycles. The van der Waals surface area contributed by atoms with Crippen LogP contribution in [0.3, 0.4) is 0 Å². The summed E-state index contributed by atoms with van der Waals surface area (Å²) in [6.07, 6.45) is 4.84. The Bertz CT molecular complexity index is 1120. The van der Waals surface area contributed by atoms with Gasteiger partial charge in [-0.15, -0.1) is 0 Å². The van der Waals surface area contributed by atoms with Crippen LogP contribution < -0.4 is 14.8 Å². The topological polar surface area (TPSA) is 118 Å². The standard InChI is InChI=1S/C24H31N3O5S/c1-16-10-11-19(18-6-3-4-7-18)20(14-16)32-24(12-13-24)23(29)27-33(30,31)22-9-5-8-21(26-22)25-15-17(2)28/h5,8-11,14,17-18,28H,3-4,6-7,12-13,15H2,1-2H3,(H,25,26)(H,27,29)/t17-/m0/s1. The van der Waals surface area contributed by atoms with Crippen molar-refractivity contribution in [1.82, 2.24) is 9.71 Å². The van der Waals surface area contributed by atoms with E-state index in [1.807, 2.05) is 13.0 Å². The van der Waals surface area contributed by atoms with E-state index in [-0.39, 0.29) is 11.6 Å². The number of carbonyl (C=O) groups excluding carboxylic acids is 1. The van der Waals surface area contributed by atoms with Crippen molar-refractivity contribution in [1.29, 1.82) is 0 Å². The lowest BCUT2D eigenvalue weighted by molar-refractivity contribution is -0.128. The van der Waals surface area contributed by atoms with Crippen LogP contribution in [0.2, 0.25) is 0 Å². The summed E-state index contributed by atoms with van der Waals surface area (Å²) in [7, 11) is -4.18. The number of carbonyl (C=O) groups is 1. The number of nitrogens with zero attached hydrogens (tertiary/aromatic N) is 1. The Morgan fingerprint density at radius 3 is 2.64 bits per heavy atom. The van der Waals surface area contributed by atoms with Crippen molar-refractivity contribution in [3.63, 3.8) is 0 Å². The summed E-state index contributed by atoms with van der Waals surface area (Å²) in [5, 5.41) is 12.0. The Hall–Kier alpha value is -2.65. The first-order valence-electron chi connectivity index (χ1n) is 11.4. The van der Waals surface area contributed by atoms with E-state index < -0.39 is 27.6 Å². The number of aliphatic hydroxyl groups is 1. The van der Waals surface area contributed by atoms with Crippen molar-refractivity contribution >= 4 is 21.7 Å². The monoisotopic (exact) mass is 473 g/mol. The molecule has 0 spiro atoms. The molecule has 0 radical (unpaired) electrons. The number of hydrogen-bond acceptors (Lipinski definition) is 7. The van der Waals surface area contributed by atoms with E-state index in [1.54, 1.807) is 13.0 Å². The third-order valence-corrected chi connectivity index (χ3v) is 7.42. The number of sulfonamides is 1. The number of aromatic nitrogens is 1. The van der Waals surface area contributed by atoms with E-state index in [0.29, 0.717) is 30.3 Å². The molecule has 1 aromatic carbocycles. The van der Waals surface area contributed by atoms with Gasteiger partial charge in [0.2, 0.25) is 0 Å². The second-order valence-corrected chi connectivity index (χ2v) is 10.8. The molecule has 0 unspecified atom stereocenters. The highest BCUT2D eigenvalue weighted by Gasteiger charge is 2.54. The Balaban J connectivity index is 1.50. The van der Waals surface area contributed by atoms with Crippen LogP contribution in [0.4, 0.5) is 5.82 Å². The molecular formula is C24H31N3O5S. The summed E-state index contributed by atoms with van der Waals surface area (Å²) in [4.78, 5) is 17.1. The maximum atomic E-state index is 13.0. The molecule has 33 heavy (non-hydrogen) atoms. The molecule has 2 fully saturated rings. The molecule has 4 rings (SSSR count). The Morgan fingerprint density at radius 2 is 1.97 bits per heavy atom. The lowest BCUT2D eigenvalue weighted by atomic mass is 9.95. The first-order valence-corrected chi connectivity index (χ1v) is 12.9. The summed E-state index contributed by atoms with van der Waals surface area (Å²) in [5.74, 6) is 0.703. The first-order chi connectivity index (χ1) is 15.7. The molecule has 2 aliphatic carbocycles. The van der Waals surface area contributed by atoms with Crippen LogP contribution in [0.5, 0.6) is 5.75 Å². The zero-order valence-corrected chi connectivity index (χ0v) is 19.8. The van der Waals surface area contributed by atoms with Gasteiger partial charge in [0, 0.05) is 19.4 Å². The van der Waals surface area contributed by atoms with Crippen molar-refractivity contribution in [3.8, 4) is 5.75 Å². The summed E-state index contributed by atoms with van der Waals surface area (Å²) < 4.78 is 34.1. The number of benzene rings is 1. The van der Waals surface area contributed by atoms with Gasteiger partial charge in [0.1, 0.15) is 11.6 Å². The van der Waals surface area contributed by atoms with Crippen LogP contribution in [0.1, 0.15) is 62.5 Å². The molecule has 3 N–H and O–H groups in total. The smallest absolute Gasteiger partial charge is 0.281 e. The van der Waals surface area contributed by atoms with E-state index in [9.17, 15) is 18.3 Å². The predicted octanol–water partition coefficient (Wildman–Crippen LogP) is 3.26. The van der Waals surface area contributed by atoms with Crippen molar-refractivity contribution in [2.24, 2.45) is 0 Å². The van der Waals surface area contributed by atoms with Gasteiger partial charge in [0.05, 0.1) is 6.10 Å². The maximum absolute atomic E-state index is 13.0. The molecule has 2 aliphatic rings. The van der Waals surface area contributed by atoms with Gasteiger partial charge < -0.3 is 15.2 Å². The molecule has 1 heterocycles. The van der Waals surface area contributed by atoms with Gasteiger partial charge in [-0.1, -0.05) is 31.0 Å². The molecule has 9 heteroatoms. The van der Waals surface area contributed by atoms with E-state index >= 15 is 0 Å². The molecule has 2 saturated carbocycles. The fraction of sp³-hybridized carbons (Fsp3) is 0.500. The van der Waals surface area contributed by atoms with Crippen molar-refractivity contribution in [3.05, 3.63) is 47.5 Å². The number of pyridine rings is 1. The molecule has 1 amide bonds. The lowest BCUT2D eigenvalue weighted by Crippen LogP contribution is -2.43. The highest BCUT2D eigenvalue weighted by atomic mass is 32.2. The summed E-state index contributed by atoms with van der Waals surface area (Å²) >= 11 is 0. The van der Waals surface area contributed by atoms with Gasteiger partial charge in [-0.25, -0.2) is 9.71 Å². The molecule has 8 nitrogen and oxygen atoms in total. The van der Waals surface area contributed by atoms with Gasteiger partial charge in [0.25, 0.3) is 15.9 Å². The van der Waals surface area contributed by atoms with Crippen LogP contribution in [-0.4, -0.2) is 42.7 Å². The number of hydrogen-bond donors (Lipinski definition) is 3. The molecular weight excluding hydrogens is 442 g/mol. The average molecular weight is 474 g/mol. The fourth-order valence-corrected chi connectivity index (χ4v) is 5.20. The van der Waals surface area contributed by atoms with Crippen LogP contribution in [0.25, 0.3) is 0 Å². The van der Waals surface area contributed by atoms with Crippen LogP contribution >= 0.6 is 0 Å². The van der Waals surface area contributed by atoms with E-state index in [2.05, 4.69) is 27.2 Å². The molecule has 0 aliphatic heterocycles. The van der Waals surface area contributed by atoms with E-state index in [0.717, 1.165) is 24.0 Å². The number of aryl methyl sites for hydroxylation is 1. The van der Waals surface area contributed by atoms with Gasteiger partial charge >= 0.3 is 0 Å². The fourth-order valence-electron chi connectivity index (χ4n) is 4.19. The lowest BCUT2D eigenvalue weighted by Gasteiger charge is -2.22. The number of aliphatic hydroxyl groups excluding tert-OH is 1. The van der Waals surface area contributed by atoms with Gasteiger partial charge in [-0.3, -0.25) is 4.79 Å². The summed E-state index contributed by atoms with van der Waals surface area (Å²) in [6, 6.07) is 10.5. The highest BCUT2D eigenvalue weighted by Crippen LogP contribution is 2.45. The quantitative estimate of drug-likeness (QED) is 0.512. The van der Waals surface area contributed by atoms with Gasteiger partial charge in [0.15, 0.2) is 10.6 Å². The van der Waals surface area contributed by atoms with Crippen molar-refractivity contribution in [2.45, 2.75) is 75.0 Å². The predicted molar refractivity (Wildman–Crippen MR) is 125 cm³/mol. The largest absolute Gasteiger partial charge is 0.477 e.